The molecule has 1 aliphatic rings. The number of benzene rings is 2. The molecule has 0 bridgehead atoms. The van der Waals surface area contributed by atoms with Crippen molar-refractivity contribution in [3.63, 3.8) is 0 Å². The van der Waals surface area contributed by atoms with Gasteiger partial charge in [-0.25, -0.2) is 4.39 Å². The Bertz CT molecular complexity index is 678. The Labute approximate surface area is 146 Å². The summed E-state index contributed by atoms with van der Waals surface area (Å²) in [7, 11) is 2.09. The summed E-state index contributed by atoms with van der Waals surface area (Å²) in [6.45, 7) is 2.46. The fourth-order valence-corrected chi connectivity index (χ4v) is 3.72. The van der Waals surface area contributed by atoms with Gasteiger partial charge in [0.25, 0.3) is 0 Å². The van der Waals surface area contributed by atoms with Crippen molar-refractivity contribution in [3.05, 3.63) is 66.0 Å². The van der Waals surface area contributed by atoms with Gasteiger partial charge in [0, 0.05) is 24.5 Å². The van der Waals surface area contributed by atoms with Crippen LogP contribution >= 0.6 is 11.8 Å². The van der Waals surface area contributed by atoms with Gasteiger partial charge in [0.15, 0.2) is 0 Å². The van der Waals surface area contributed by atoms with Gasteiger partial charge < -0.3 is 9.80 Å². The summed E-state index contributed by atoms with van der Waals surface area (Å²) in [5.41, 5.74) is 1.17. The maximum atomic E-state index is 13.0. The van der Waals surface area contributed by atoms with Crippen molar-refractivity contribution < 1.29 is 9.18 Å². The van der Waals surface area contributed by atoms with E-state index >= 15 is 0 Å². The van der Waals surface area contributed by atoms with E-state index in [-0.39, 0.29) is 17.8 Å². The van der Waals surface area contributed by atoms with E-state index in [2.05, 4.69) is 24.1 Å². The second kappa shape index (κ2) is 7.81. The molecule has 1 heterocycles. The van der Waals surface area contributed by atoms with Crippen LogP contribution in [-0.2, 0) is 4.79 Å². The Morgan fingerprint density at radius 2 is 1.83 bits per heavy atom. The van der Waals surface area contributed by atoms with Crippen LogP contribution in [-0.4, -0.2) is 48.1 Å². The van der Waals surface area contributed by atoms with E-state index in [1.807, 2.05) is 23.1 Å². The Morgan fingerprint density at radius 1 is 1.12 bits per heavy atom. The van der Waals surface area contributed by atoms with Gasteiger partial charge in [-0.3, -0.25) is 4.79 Å². The number of rotatable bonds is 4. The minimum absolute atomic E-state index is 0.0891. The van der Waals surface area contributed by atoms with E-state index in [0.29, 0.717) is 5.75 Å². The third kappa shape index (κ3) is 4.16. The van der Waals surface area contributed by atoms with Gasteiger partial charge in [0.1, 0.15) is 5.82 Å². The number of halogens is 1. The predicted molar refractivity (Wildman–Crippen MR) is 95.5 cm³/mol. The molecule has 3 nitrogen and oxygen atoms in total. The van der Waals surface area contributed by atoms with Crippen LogP contribution in [0.25, 0.3) is 0 Å². The molecule has 2 aromatic rings. The summed E-state index contributed by atoms with van der Waals surface area (Å²) in [6.07, 6.45) is 0. The number of likely N-dealkylation sites (N-methyl/N-ethyl adjacent to an activating group) is 1. The van der Waals surface area contributed by atoms with Crippen molar-refractivity contribution in [1.82, 2.24) is 9.80 Å². The fraction of sp³-hybridized carbons (Fsp3) is 0.316. The fourth-order valence-electron chi connectivity index (χ4n) is 2.94. The molecule has 0 aliphatic carbocycles. The lowest BCUT2D eigenvalue weighted by molar-refractivity contribution is -0.133. The first-order valence-corrected chi connectivity index (χ1v) is 9.03. The normalized spacial score (nSPS) is 18.6. The monoisotopic (exact) mass is 344 g/mol. The lowest BCUT2D eigenvalue weighted by Crippen LogP contribution is -2.49. The third-order valence-corrected chi connectivity index (χ3v) is 5.26. The summed E-state index contributed by atoms with van der Waals surface area (Å²) in [5, 5.41) is 0. The first kappa shape index (κ1) is 17.0. The molecular weight excluding hydrogens is 323 g/mol. The summed E-state index contributed by atoms with van der Waals surface area (Å²) < 4.78 is 13.0. The smallest absolute Gasteiger partial charge is 0.233 e. The maximum absolute atomic E-state index is 13.0. The number of thioether (sulfide) groups is 1. The summed E-state index contributed by atoms with van der Waals surface area (Å²) in [5.74, 6) is 0.249. The Kier molecular flexibility index (Phi) is 5.53. The van der Waals surface area contributed by atoms with E-state index in [0.717, 1.165) is 24.5 Å². The Hall–Kier alpha value is -1.85. The zero-order valence-corrected chi connectivity index (χ0v) is 14.5. The average Bonchev–Trinajstić information content (AvgIpc) is 2.61. The molecular formula is C19H21FN2OS. The second-order valence-electron chi connectivity index (χ2n) is 6.02. The molecule has 2 aromatic carbocycles. The number of hydrogen-bond acceptors (Lipinski definition) is 3. The van der Waals surface area contributed by atoms with Crippen LogP contribution in [0.15, 0.2) is 59.5 Å². The zero-order chi connectivity index (χ0) is 16.9. The van der Waals surface area contributed by atoms with Crippen LogP contribution in [0.5, 0.6) is 0 Å². The molecule has 1 atom stereocenters. The minimum atomic E-state index is -0.256. The number of amides is 1. The van der Waals surface area contributed by atoms with E-state index in [1.54, 1.807) is 12.1 Å². The first-order valence-electron chi connectivity index (χ1n) is 8.05. The Morgan fingerprint density at radius 3 is 2.54 bits per heavy atom. The molecule has 1 unspecified atom stereocenters. The largest absolute Gasteiger partial charge is 0.332 e. The molecule has 0 saturated carbocycles. The van der Waals surface area contributed by atoms with Crippen molar-refractivity contribution in [3.8, 4) is 0 Å². The highest BCUT2D eigenvalue weighted by molar-refractivity contribution is 8.00. The SMILES string of the molecule is CN1CCN(C(=O)CSc2ccc(F)cc2)C(c2ccccc2)C1. The van der Waals surface area contributed by atoms with Crippen LogP contribution in [0.1, 0.15) is 11.6 Å². The lowest BCUT2D eigenvalue weighted by Gasteiger charge is -2.40. The second-order valence-corrected chi connectivity index (χ2v) is 7.07. The molecule has 0 spiro atoms. The highest BCUT2D eigenvalue weighted by Gasteiger charge is 2.29. The van der Waals surface area contributed by atoms with E-state index < -0.39 is 0 Å². The van der Waals surface area contributed by atoms with E-state index in [9.17, 15) is 9.18 Å². The summed E-state index contributed by atoms with van der Waals surface area (Å²) in [6, 6.07) is 16.6. The van der Waals surface area contributed by atoms with Crippen molar-refractivity contribution in [1.29, 1.82) is 0 Å². The van der Waals surface area contributed by atoms with Gasteiger partial charge in [-0.05, 0) is 36.9 Å². The molecule has 126 valence electrons. The molecule has 0 radical (unpaired) electrons. The van der Waals surface area contributed by atoms with E-state index in [4.69, 9.17) is 0 Å². The minimum Gasteiger partial charge on any atom is -0.332 e. The lowest BCUT2D eigenvalue weighted by atomic mass is 10.0. The topological polar surface area (TPSA) is 23.6 Å². The Balaban J connectivity index is 1.68. The molecule has 1 saturated heterocycles. The third-order valence-electron chi connectivity index (χ3n) is 4.26. The predicted octanol–water partition coefficient (Wildman–Crippen LogP) is 3.43. The quantitative estimate of drug-likeness (QED) is 0.794. The molecule has 0 N–H and O–H groups in total. The van der Waals surface area contributed by atoms with Crippen LogP contribution in [0, 0.1) is 5.82 Å². The zero-order valence-electron chi connectivity index (χ0n) is 13.7. The van der Waals surface area contributed by atoms with Gasteiger partial charge >= 0.3 is 0 Å². The van der Waals surface area contributed by atoms with Crippen LogP contribution in [0.2, 0.25) is 0 Å². The molecule has 1 amide bonds. The number of carbonyl (C=O) groups is 1. The average molecular weight is 344 g/mol. The number of nitrogens with zero attached hydrogens (tertiary/aromatic N) is 2. The molecule has 1 fully saturated rings. The standard InChI is InChI=1S/C19H21FN2OS/c1-21-11-12-22(18(13-21)15-5-3-2-4-6-15)19(23)14-24-17-9-7-16(20)8-10-17/h2-10,18H,11-14H2,1H3. The van der Waals surface area contributed by atoms with Gasteiger partial charge in [-0.2, -0.15) is 0 Å². The maximum Gasteiger partial charge on any atom is 0.233 e. The number of carbonyl (C=O) groups excluding carboxylic acids is 1. The summed E-state index contributed by atoms with van der Waals surface area (Å²) >= 11 is 1.46. The van der Waals surface area contributed by atoms with Crippen LogP contribution in [0.4, 0.5) is 4.39 Å². The number of piperazine rings is 1. The molecule has 3 rings (SSSR count). The molecule has 24 heavy (non-hydrogen) atoms. The van der Waals surface area contributed by atoms with Crippen LogP contribution < -0.4 is 0 Å². The van der Waals surface area contributed by atoms with Crippen molar-refractivity contribution in [2.24, 2.45) is 0 Å². The molecule has 1 aliphatic heterocycles. The van der Waals surface area contributed by atoms with Crippen molar-refractivity contribution >= 4 is 17.7 Å². The summed E-state index contributed by atoms with van der Waals surface area (Å²) in [4.78, 5) is 17.9. The van der Waals surface area contributed by atoms with E-state index in [1.165, 1.54) is 29.5 Å². The van der Waals surface area contributed by atoms with Gasteiger partial charge in [0.05, 0.1) is 11.8 Å². The molecule has 0 aromatic heterocycles. The van der Waals surface area contributed by atoms with Gasteiger partial charge in [0.2, 0.25) is 5.91 Å². The van der Waals surface area contributed by atoms with Crippen molar-refractivity contribution in [2.75, 3.05) is 32.4 Å². The van der Waals surface area contributed by atoms with Gasteiger partial charge in [-0.1, -0.05) is 30.3 Å². The highest BCUT2D eigenvalue weighted by Crippen LogP contribution is 2.27. The molecule has 5 heteroatoms. The van der Waals surface area contributed by atoms with Gasteiger partial charge in [-0.15, -0.1) is 11.8 Å². The number of hydrogen-bond donors (Lipinski definition) is 0. The van der Waals surface area contributed by atoms with Crippen molar-refractivity contribution in [2.45, 2.75) is 10.9 Å². The first-order chi connectivity index (χ1) is 11.6. The highest BCUT2D eigenvalue weighted by atomic mass is 32.2. The van der Waals surface area contributed by atoms with Crippen LogP contribution in [0.3, 0.4) is 0 Å².